The first-order chi connectivity index (χ1) is 13.3. The molecule has 28 heavy (non-hydrogen) atoms. The van der Waals surface area contributed by atoms with E-state index in [1.54, 1.807) is 24.3 Å². The Bertz CT molecular complexity index is 900. The SMILES string of the molecule is O=C(O)C(Cc1ccc(Cl)cc1)NC(=O)C1Cc2ccccc2CN1C(=O)O. The van der Waals surface area contributed by atoms with E-state index in [0.717, 1.165) is 16.0 Å². The maximum atomic E-state index is 12.8. The predicted octanol–water partition coefficient (Wildman–Crippen LogP) is 2.56. The van der Waals surface area contributed by atoms with Gasteiger partial charge in [-0.2, -0.15) is 0 Å². The molecule has 1 aliphatic heterocycles. The van der Waals surface area contributed by atoms with Gasteiger partial charge in [-0.05, 0) is 28.8 Å². The lowest BCUT2D eigenvalue weighted by atomic mass is 9.93. The van der Waals surface area contributed by atoms with Crippen LogP contribution in [0.15, 0.2) is 48.5 Å². The predicted molar refractivity (Wildman–Crippen MR) is 102 cm³/mol. The number of carbonyl (C=O) groups is 3. The van der Waals surface area contributed by atoms with Crippen molar-refractivity contribution in [1.82, 2.24) is 10.2 Å². The van der Waals surface area contributed by atoms with Crippen LogP contribution in [0, 0.1) is 0 Å². The van der Waals surface area contributed by atoms with E-state index in [-0.39, 0.29) is 19.4 Å². The van der Waals surface area contributed by atoms with Crippen LogP contribution in [-0.2, 0) is 29.0 Å². The summed E-state index contributed by atoms with van der Waals surface area (Å²) in [5, 5.41) is 22.0. The molecule has 8 heteroatoms. The van der Waals surface area contributed by atoms with Crippen LogP contribution in [-0.4, -0.2) is 45.2 Å². The molecule has 1 aliphatic rings. The number of benzene rings is 2. The molecular weight excluding hydrogens is 384 g/mol. The standard InChI is InChI=1S/C20H19ClN2O5/c21-15-7-5-12(6-8-15)9-16(19(25)26)22-18(24)17-10-13-3-1-2-4-14(13)11-23(17)20(27)28/h1-8,16-17H,9-11H2,(H,22,24)(H,25,26)(H,27,28). The van der Waals surface area contributed by atoms with Gasteiger partial charge in [0.1, 0.15) is 12.1 Å². The van der Waals surface area contributed by atoms with Gasteiger partial charge in [0.25, 0.3) is 0 Å². The Labute approximate surface area is 166 Å². The number of nitrogens with one attached hydrogen (secondary N) is 1. The van der Waals surface area contributed by atoms with Gasteiger partial charge in [0.15, 0.2) is 0 Å². The first-order valence-electron chi connectivity index (χ1n) is 8.69. The van der Waals surface area contributed by atoms with Gasteiger partial charge >= 0.3 is 12.1 Å². The number of rotatable bonds is 5. The fourth-order valence-corrected chi connectivity index (χ4v) is 3.41. The highest BCUT2D eigenvalue weighted by atomic mass is 35.5. The molecule has 2 amide bonds. The van der Waals surface area contributed by atoms with Crippen molar-refractivity contribution in [2.45, 2.75) is 31.5 Å². The molecule has 2 aromatic carbocycles. The molecule has 0 aromatic heterocycles. The van der Waals surface area contributed by atoms with E-state index in [2.05, 4.69) is 5.32 Å². The first kappa shape index (κ1) is 19.7. The number of hydrogen-bond acceptors (Lipinski definition) is 3. The molecule has 2 unspecified atom stereocenters. The zero-order valence-electron chi connectivity index (χ0n) is 14.8. The number of nitrogens with zero attached hydrogens (tertiary/aromatic N) is 1. The third-order valence-electron chi connectivity index (χ3n) is 4.76. The second kappa shape index (κ2) is 8.31. The van der Waals surface area contributed by atoms with E-state index >= 15 is 0 Å². The van der Waals surface area contributed by atoms with Gasteiger partial charge in [0, 0.05) is 17.9 Å². The Morgan fingerprint density at radius 3 is 2.32 bits per heavy atom. The highest BCUT2D eigenvalue weighted by molar-refractivity contribution is 6.30. The van der Waals surface area contributed by atoms with Crippen LogP contribution in [0.1, 0.15) is 16.7 Å². The van der Waals surface area contributed by atoms with Crippen molar-refractivity contribution >= 4 is 29.6 Å². The summed E-state index contributed by atoms with van der Waals surface area (Å²) in [6.45, 7) is 0.0819. The summed E-state index contributed by atoms with van der Waals surface area (Å²) in [4.78, 5) is 37.1. The Morgan fingerprint density at radius 1 is 1.07 bits per heavy atom. The minimum atomic E-state index is -1.22. The van der Waals surface area contributed by atoms with Gasteiger partial charge in [-0.1, -0.05) is 48.0 Å². The summed E-state index contributed by atoms with van der Waals surface area (Å²) >= 11 is 5.84. The van der Waals surface area contributed by atoms with Crippen LogP contribution in [0.25, 0.3) is 0 Å². The van der Waals surface area contributed by atoms with E-state index in [4.69, 9.17) is 11.6 Å². The third-order valence-corrected chi connectivity index (χ3v) is 5.02. The second-order valence-corrected chi connectivity index (χ2v) is 7.07. The maximum Gasteiger partial charge on any atom is 0.408 e. The summed E-state index contributed by atoms with van der Waals surface area (Å²) in [6, 6.07) is 11.8. The van der Waals surface area contributed by atoms with Crippen molar-refractivity contribution in [3.63, 3.8) is 0 Å². The Kier molecular flexibility index (Phi) is 5.84. The molecule has 0 bridgehead atoms. The number of carbonyl (C=O) groups excluding carboxylic acids is 1. The third kappa shape index (κ3) is 4.43. The molecule has 1 heterocycles. The zero-order valence-corrected chi connectivity index (χ0v) is 15.6. The number of hydrogen-bond donors (Lipinski definition) is 3. The van der Waals surface area contributed by atoms with E-state index in [0.29, 0.717) is 10.6 Å². The average molecular weight is 403 g/mol. The molecule has 0 aliphatic carbocycles. The summed E-state index contributed by atoms with van der Waals surface area (Å²) < 4.78 is 0. The van der Waals surface area contributed by atoms with Crippen molar-refractivity contribution in [3.8, 4) is 0 Å². The smallest absolute Gasteiger partial charge is 0.408 e. The molecular formula is C20H19ClN2O5. The van der Waals surface area contributed by atoms with Crippen LogP contribution < -0.4 is 5.32 Å². The quantitative estimate of drug-likeness (QED) is 0.712. The molecule has 0 radical (unpaired) electrons. The monoisotopic (exact) mass is 402 g/mol. The van der Waals surface area contributed by atoms with Crippen molar-refractivity contribution in [3.05, 3.63) is 70.2 Å². The molecule has 7 nitrogen and oxygen atoms in total. The minimum absolute atomic E-state index is 0.0641. The topological polar surface area (TPSA) is 107 Å². The summed E-state index contributed by atoms with van der Waals surface area (Å²) in [6.07, 6.45) is -0.963. The molecule has 0 fully saturated rings. The fourth-order valence-electron chi connectivity index (χ4n) is 3.28. The van der Waals surface area contributed by atoms with Crippen molar-refractivity contribution < 1.29 is 24.6 Å². The molecule has 3 N–H and O–H groups in total. The van der Waals surface area contributed by atoms with Gasteiger partial charge in [0.05, 0.1) is 6.54 Å². The minimum Gasteiger partial charge on any atom is -0.480 e. The number of carboxylic acid groups (broad SMARTS) is 2. The lowest BCUT2D eigenvalue weighted by molar-refractivity contribution is -0.142. The lowest BCUT2D eigenvalue weighted by Crippen LogP contribution is -2.55. The van der Waals surface area contributed by atoms with Crippen LogP contribution in [0.5, 0.6) is 0 Å². The Balaban J connectivity index is 1.77. The van der Waals surface area contributed by atoms with Crippen LogP contribution >= 0.6 is 11.6 Å². The van der Waals surface area contributed by atoms with Crippen molar-refractivity contribution in [2.75, 3.05) is 0 Å². The molecule has 146 valence electrons. The van der Waals surface area contributed by atoms with Crippen LogP contribution in [0.2, 0.25) is 5.02 Å². The summed E-state index contributed by atoms with van der Waals surface area (Å²) in [5.41, 5.74) is 2.41. The zero-order chi connectivity index (χ0) is 20.3. The van der Waals surface area contributed by atoms with Gasteiger partial charge in [-0.25, -0.2) is 9.59 Å². The highest BCUT2D eigenvalue weighted by Gasteiger charge is 2.36. The van der Waals surface area contributed by atoms with Crippen molar-refractivity contribution in [2.24, 2.45) is 0 Å². The fraction of sp³-hybridized carbons (Fsp3) is 0.250. The average Bonchev–Trinajstić information content (AvgIpc) is 2.67. The maximum absolute atomic E-state index is 12.8. The number of aliphatic carboxylic acids is 1. The van der Waals surface area contributed by atoms with Crippen LogP contribution in [0.3, 0.4) is 0 Å². The molecule has 2 aromatic rings. The van der Waals surface area contributed by atoms with Gasteiger partial charge in [-0.3, -0.25) is 9.69 Å². The molecule has 0 spiro atoms. The van der Waals surface area contributed by atoms with E-state index in [9.17, 15) is 24.6 Å². The van der Waals surface area contributed by atoms with Crippen LogP contribution in [0.4, 0.5) is 4.79 Å². The number of carboxylic acids is 1. The largest absolute Gasteiger partial charge is 0.480 e. The lowest BCUT2D eigenvalue weighted by Gasteiger charge is -2.34. The van der Waals surface area contributed by atoms with Crippen molar-refractivity contribution in [1.29, 1.82) is 0 Å². The van der Waals surface area contributed by atoms with E-state index in [1.165, 1.54) is 0 Å². The Hall–Kier alpha value is -3.06. The van der Waals surface area contributed by atoms with Gasteiger partial charge in [-0.15, -0.1) is 0 Å². The Morgan fingerprint density at radius 2 is 1.71 bits per heavy atom. The number of halogens is 1. The molecule has 3 rings (SSSR count). The van der Waals surface area contributed by atoms with E-state index in [1.807, 2.05) is 24.3 Å². The number of amides is 2. The first-order valence-corrected chi connectivity index (χ1v) is 9.07. The summed E-state index contributed by atoms with van der Waals surface area (Å²) in [7, 11) is 0. The molecule has 2 atom stereocenters. The van der Waals surface area contributed by atoms with Gasteiger partial charge < -0.3 is 15.5 Å². The molecule has 0 saturated carbocycles. The normalized spacial score (nSPS) is 16.8. The number of fused-ring (bicyclic) bond motifs is 1. The second-order valence-electron chi connectivity index (χ2n) is 6.63. The van der Waals surface area contributed by atoms with Gasteiger partial charge in [0.2, 0.25) is 5.91 Å². The highest BCUT2D eigenvalue weighted by Crippen LogP contribution is 2.23. The summed E-state index contributed by atoms with van der Waals surface area (Å²) in [5.74, 6) is -1.82. The molecule has 0 saturated heterocycles. The van der Waals surface area contributed by atoms with E-state index < -0.39 is 30.1 Å².